The highest BCUT2D eigenvalue weighted by molar-refractivity contribution is 6.30. The number of hydrogen-bond acceptors (Lipinski definition) is 2. The Labute approximate surface area is 93.3 Å². The third-order valence-corrected chi connectivity index (χ3v) is 2.34. The van der Waals surface area contributed by atoms with Gasteiger partial charge in [0.05, 0.1) is 12.5 Å². The number of aliphatic hydroxyl groups excluding tert-OH is 1. The molecule has 1 unspecified atom stereocenters. The van der Waals surface area contributed by atoms with Gasteiger partial charge in [-0.2, -0.15) is 0 Å². The Bertz CT molecular complexity index is 321. The van der Waals surface area contributed by atoms with Crippen molar-refractivity contribution >= 4 is 17.6 Å². The maximum Gasteiger partial charge on any atom is 0.305 e. The number of halogens is 1. The van der Waals surface area contributed by atoms with E-state index in [4.69, 9.17) is 16.7 Å². The van der Waals surface area contributed by atoms with Crippen LogP contribution in [0.25, 0.3) is 0 Å². The largest absolute Gasteiger partial charge is 0.481 e. The number of carbonyl (C=O) groups is 1. The van der Waals surface area contributed by atoms with Gasteiger partial charge in [-0.25, -0.2) is 0 Å². The average molecular weight is 229 g/mol. The Balaban J connectivity index is 2.36. The molecule has 1 aromatic rings. The van der Waals surface area contributed by atoms with Gasteiger partial charge in [-0.1, -0.05) is 23.7 Å². The molecular formula is C11H13ClO3. The molecule has 0 aliphatic carbocycles. The molecule has 0 radical (unpaired) electrons. The zero-order valence-electron chi connectivity index (χ0n) is 8.19. The van der Waals surface area contributed by atoms with Crippen molar-refractivity contribution < 1.29 is 15.0 Å². The topological polar surface area (TPSA) is 57.5 Å². The SMILES string of the molecule is O=C(O)CC(O)CCc1ccc(Cl)cc1. The van der Waals surface area contributed by atoms with Gasteiger partial charge in [0.25, 0.3) is 0 Å². The third-order valence-electron chi connectivity index (χ3n) is 2.09. The van der Waals surface area contributed by atoms with E-state index in [1.54, 1.807) is 12.1 Å². The molecule has 15 heavy (non-hydrogen) atoms. The molecule has 1 rings (SSSR count). The molecule has 2 N–H and O–H groups in total. The van der Waals surface area contributed by atoms with Crippen LogP contribution in [0.3, 0.4) is 0 Å². The summed E-state index contributed by atoms with van der Waals surface area (Å²) in [5.74, 6) is -0.974. The van der Waals surface area contributed by atoms with Crippen molar-refractivity contribution in [1.29, 1.82) is 0 Å². The number of benzene rings is 1. The summed E-state index contributed by atoms with van der Waals surface area (Å²) in [6.07, 6.45) is 0.130. The summed E-state index contributed by atoms with van der Waals surface area (Å²) >= 11 is 5.72. The molecule has 0 aliphatic rings. The van der Waals surface area contributed by atoms with Gasteiger partial charge < -0.3 is 10.2 Å². The fraction of sp³-hybridized carbons (Fsp3) is 0.364. The first-order valence-corrected chi connectivity index (χ1v) is 5.10. The highest BCUT2D eigenvalue weighted by Crippen LogP contribution is 2.12. The summed E-state index contributed by atoms with van der Waals surface area (Å²) < 4.78 is 0. The summed E-state index contributed by atoms with van der Waals surface area (Å²) in [5, 5.41) is 18.4. The quantitative estimate of drug-likeness (QED) is 0.812. The van der Waals surface area contributed by atoms with Crippen molar-refractivity contribution in [2.24, 2.45) is 0 Å². The van der Waals surface area contributed by atoms with Crippen molar-refractivity contribution in [1.82, 2.24) is 0 Å². The van der Waals surface area contributed by atoms with E-state index in [-0.39, 0.29) is 6.42 Å². The van der Waals surface area contributed by atoms with Crippen LogP contribution < -0.4 is 0 Å². The van der Waals surface area contributed by atoms with Gasteiger partial charge in [0, 0.05) is 5.02 Å². The van der Waals surface area contributed by atoms with Gasteiger partial charge in [-0.3, -0.25) is 4.79 Å². The Morgan fingerprint density at radius 3 is 2.47 bits per heavy atom. The van der Waals surface area contributed by atoms with E-state index < -0.39 is 12.1 Å². The molecule has 1 aromatic carbocycles. The number of aryl methyl sites for hydroxylation is 1. The zero-order chi connectivity index (χ0) is 11.3. The molecule has 0 bridgehead atoms. The van der Waals surface area contributed by atoms with Crippen LogP contribution in [0.4, 0.5) is 0 Å². The van der Waals surface area contributed by atoms with Gasteiger partial charge in [-0.05, 0) is 30.5 Å². The number of hydrogen-bond donors (Lipinski definition) is 2. The second kappa shape index (κ2) is 5.73. The van der Waals surface area contributed by atoms with Crippen molar-refractivity contribution in [3.05, 3.63) is 34.9 Å². The predicted molar refractivity (Wildman–Crippen MR) is 58.0 cm³/mol. The van der Waals surface area contributed by atoms with E-state index in [2.05, 4.69) is 0 Å². The van der Waals surface area contributed by atoms with Crippen LogP contribution in [0.15, 0.2) is 24.3 Å². The van der Waals surface area contributed by atoms with Crippen LogP contribution in [0.5, 0.6) is 0 Å². The van der Waals surface area contributed by atoms with E-state index in [9.17, 15) is 9.90 Å². The average Bonchev–Trinajstić information content (AvgIpc) is 2.16. The Morgan fingerprint density at radius 1 is 1.33 bits per heavy atom. The number of aliphatic carboxylic acids is 1. The normalized spacial score (nSPS) is 12.4. The second-order valence-electron chi connectivity index (χ2n) is 3.42. The van der Waals surface area contributed by atoms with E-state index in [0.29, 0.717) is 17.9 Å². The van der Waals surface area contributed by atoms with Crippen LogP contribution >= 0.6 is 11.6 Å². The molecule has 0 aliphatic heterocycles. The van der Waals surface area contributed by atoms with Crippen LogP contribution in [0.2, 0.25) is 5.02 Å². The van der Waals surface area contributed by atoms with Crippen LogP contribution in [-0.4, -0.2) is 22.3 Å². The number of carboxylic acid groups (broad SMARTS) is 1. The van der Waals surface area contributed by atoms with Crippen molar-refractivity contribution in [2.45, 2.75) is 25.4 Å². The molecule has 1 atom stereocenters. The van der Waals surface area contributed by atoms with Crippen molar-refractivity contribution in [3.63, 3.8) is 0 Å². The summed E-state index contributed by atoms with van der Waals surface area (Å²) in [4.78, 5) is 10.3. The summed E-state index contributed by atoms with van der Waals surface area (Å²) in [7, 11) is 0. The van der Waals surface area contributed by atoms with Gasteiger partial charge in [0.2, 0.25) is 0 Å². The Hall–Kier alpha value is -1.06. The summed E-state index contributed by atoms with van der Waals surface area (Å²) in [6.45, 7) is 0. The van der Waals surface area contributed by atoms with Gasteiger partial charge in [0.15, 0.2) is 0 Å². The summed E-state index contributed by atoms with van der Waals surface area (Å²) in [5.41, 5.74) is 1.05. The van der Waals surface area contributed by atoms with Crippen molar-refractivity contribution in [3.8, 4) is 0 Å². The molecule has 0 heterocycles. The highest BCUT2D eigenvalue weighted by Gasteiger charge is 2.09. The van der Waals surface area contributed by atoms with Crippen LogP contribution in [0, 0.1) is 0 Å². The molecule has 0 saturated carbocycles. The smallest absolute Gasteiger partial charge is 0.305 e. The zero-order valence-corrected chi connectivity index (χ0v) is 8.94. The highest BCUT2D eigenvalue weighted by atomic mass is 35.5. The fourth-order valence-corrected chi connectivity index (χ4v) is 1.41. The Morgan fingerprint density at radius 2 is 1.93 bits per heavy atom. The second-order valence-corrected chi connectivity index (χ2v) is 3.85. The number of carboxylic acids is 1. The molecule has 0 amide bonds. The van der Waals surface area contributed by atoms with E-state index >= 15 is 0 Å². The van der Waals surface area contributed by atoms with Crippen LogP contribution in [0.1, 0.15) is 18.4 Å². The fourth-order valence-electron chi connectivity index (χ4n) is 1.29. The minimum Gasteiger partial charge on any atom is -0.481 e. The van der Waals surface area contributed by atoms with Crippen LogP contribution in [-0.2, 0) is 11.2 Å². The van der Waals surface area contributed by atoms with Crippen molar-refractivity contribution in [2.75, 3.05) is 0 Å². The molecular weight excluding hydrogens is 216 g/mol. The lowest BCUT2D eigenvalue weighted by Gasteiger charge is -2.07. The lowest BCUT2D eigenvalue weighted by atomic mass is 10.1. The van der Waals surface area contributed by atoms with E-state index in [0.717, 1.165) is 5.56 Å². The maximum atomic E-state index is 10.3. The lowest BCUT2D eigenvalue weighted by molar-refractivity contribution is -0.139. The van der Waals surface area contributed by atoms with Gasteiger partial charge in [-0.15, -0.1) is 0 Å². The first-order valence-electron chi connectivity index (χ1n) is 4.72. The monoisotopic (exact) mass is 228 g/mol. The first-order chi connectivity index (χ1) is 7.08. The first kappa shape index (κ1) is 12.0. The lowest BCUT2D eigenvalue weighted by Crippen LogP contribution is -2.13. The van der Waals surface area contributed by atoms with E-state index in [1.807, 2.05) is 12.1 Å². The minimum atomic E-state index is -0.974. The predicted octanol–water partition coefficient (Wildman–Crippen LogP) is 2.11. The molecule has 0 fully saturated rings. The molecule has 0 spiro atoms. The summed E-state index contributed by atoms with van der Waals surface area (Å²) in [6, 6.07) is 7.30. The molecule has 0 saturated heterocycles. The van der Waals surface area contributed by atoms with Gasteiger partial charge in [0.1, 0.15) is 0 Å². The molecule has 4 heteroatoms. The standard InChI is InChI=1S/C11H13ClO3/c12-9-4-1-8(2-5-9)3-6-10(13)7-11(14)15/h1-2,4-5,10,13H,3,6-7H2,(H,14,15). The number of rotatable bonds is 5. The third kappa shape index (κ3) is 4.81. The van der Waals surface area contributed by atoms with Gasteiger partial charge >= 0.3 is 5.97 Å². The van der Waals surface area contributed by atoms with E-state index in [1.165, 1.54) is 0 Å². The number of aliphatic hydroxyl groups is 1. The molecule has 82 valence electrons. The minimum absolute atomic E-state index is 0.201. The Kier molecular flexibility index (Phi) is 4.59. The molecule has 3 nitrogen and oxygen atoms in total. The molecule has 0 aromatic heterocycles. The maximum absolute atomic E-state index is 10.3.